The van der Waals surface area contributed by atoms with Crippen LogP contribution in [-0.2, 0) is 36.1 Å². The molecule has 1 unspecified atom stereocenters. The summed E-state index contributed by atoms with van der Waals surface area (Å²) in [6.45, 7) is 3.94. The first-order chi connectivity index (χ1) is 19.2. The fraction of sp³-hybridized carbons (Fsp3) is 0.370. The highest BCUT2D eigenvalue weighted by atomic mass is 32.2. The highest BCUT2D eigenvalue weighted by molar-refractivity contribution is 7.94. The Balaban J connectivity index is 0.00000216. The average molecular weight is 592 g/mol. The predicted octanol–water partition coefficient (Wildman–Crippen LogP) is 2.98. The second-order valence-electron chi connectivity index (χ2n) is 8.62. The molecule has 13 heteroatoms. The molecule has 2 atom stereocenters. The second-order valence-corrected chi connectivity index (χ2v) is 11.8. The van der Waals surface area contributed by atoms with E-state index in [1.54, 1.807) is 43.7 Å². The molecule has 3 aromatic rings. The minimum Gasteiger partial charge on any atom is -0.497 e. The van der Waals surface area contributed by atoms with Crippen LogP contribution in [0.3, 0.4) is 0 Å². The monoisotopic (exact) mass is 591 g/mol. The zero-order chi connectivity index (χ0) is 29.4. The lowest BCUT2D eigenvalue weighted by Crippen LogP contribution is -2.21. The molecular weight excluding hydrogens is 558 g/mol. The largest absolute Gasteiger partial charge is 0.497 e. The first-order valence-corrected chi connectivity index (χ1v) is 15.0. The van der Waals surface area contributed by atoms with Gasteiger partial charge in [0.2, 0.25) is 5.16 Å². The molecule has 0 spiro atoms. The number of carbonyl (C=O) groups is 1. The fourth-order valence-electron chi connectivity index (χ4n) is 4.19. The average Bonchev–Trinajstić information content (AvgIpc) is 3.36. The molecule has 2 aromatic heterocycles. The van der Waals surface area contributed by atoms with Crippen molar-refractivity contribution in [2.45, 2.75) is 43.7 Å². The van der Waals surface area contributed by atoms with Crippen molar-refractivity contribution in [2.24, 2.45) is 0 Å². The van der Waals surface area contributed by atoms with E-state index in [9.17, 15) is 17.4 Å². The van der Waals surface area contributed by atoms with Crippen LogP contribution in [0.4, 0.5) is 0 Å². The lowest BCUT2D eigenvalue weighted by atomic mass is 10.1. The van der Waals surface area contributed by atoms with Crippen molar-refractivity contribution in [3.8, 4) is 11.5 Å². The van der Waals surface area contributed by atoms with Gasteiger partial charge in [0.25, 0.3) is 10.0 Å². The number of ether oxygens (including phenoxy) is 3. The molecule has 2 heterocycles. The molecule has 0 aliphatic heterocycles. The van der Waals surface area contributed by atoms with Gasteiger partial charge in [-0.25, -0.2) is 17.4 Å². The van der Waals surface area contributed by atoms with E-state index >= 15 is 0 Å². The number of benzene rings is 1. The normalized spacial score (nSPS) is 15.7. The number of nitrogens with zero attached hydrogens (tertiary/aromatic N) is 3. The topological polar surface area (TPSA) is 147 Å². The Bertz CT molecular complexity index is 1560. The number of carbonyl (C=O) groups excluding carboxylic acids is 1. The summed E-state index contributed by atoms with van der Waals surface area (Å²) in [4.78, 5) is 19.5. The van der Waals surface area contributed by atoms with Gasteiger partial charge in [-0.05, 0) is 38.5 Å². The third-order valence-electron chi connectivity index (χ3n) is 6.14. The SMILES string of the molecule is CO.COc1ccc2c(c1)nc([S@@](=O)Cc1ncc(C)c(OC)c1C)n2S(=O)(=O)C1=CCC(OCCC=O)C=C1. The molecule has 0 fully saturated rings. The Hall–Kier alpha value is -3.39. The molecule has 1 aliphatic carbocycles. The van der Waals surface area contributed by atoms with Crippen molar-refractivity contribution in [1.29, 1.82) is 0 Å². The van der Waals surface area contributed by atoms with E-state index in [0.717, 1.165) is 28.5 Å². The first kappa shape index (κ1) is 31.1. The highest BCUT2D eigenvalue weighted by Crippen LogP contribution is 2.31. The summed E-state index contributed by atoms with van der Waals surface area (Å²) in [6, 6.07) is 4.81. The Morgan fingerprint density at radius 2 is 1.95 bits per heavy atom. The number of aliphatic hydroxyl groups is 1. The van der Waals surface area contributed by atoms with Gasteiger partial charge >= 0.3 is 0 Å². The molecule has 1 aliphatic rings. The van der Waals surface area contributed by atoms with Crippen LogP contribution in [0.1, 0.15) is 29.7 Å². The van der Waals surface area contributed by atoms with Crippen LogP contribution in [0.15, 0.2) is 52.7 Å². The summed E-state index contributed by atoms with van der Waals surface area (Å²) < 4.78 is 58.8. The number of aliphatic hydroxyl groups excluding tert-OH is 1. The lowest BCUT2D eigenvalue weighted by Gasteiger charge is -2.18. The molecule has 0 saturated carbocycles. The van der Waals surface area contributed by atoms with E-state index in [2.05, 4.69) is 9.97 Å². The Morgan fingerprint density at radius 3 is 2.58 bits per heavy atom. The van der Waals surface area contributed by atoms with Gasteiger partial charge in [-0.2, -0.15) is 0 Å². The molecule has 40 heavy (non-hydrogen) atoms. The summed E-state index contributed by atoms with van der Waals surface area (Å²) in [5, 5.41) is 6.88. The standard InChI is InChI=1S/C26H29N3O7S2.CH4O/c1-17-15-27-23(18(2)25(17)35-4)16-37(31)26-28-22-14-20(34-3)8-11-24(22)29(26)38(32,33)21-9-6-19(7-10-21)36-13-5-12-30;1-2/h6,8-12,14-15,19H,5,7,13,16H2,1-4H3;2H,1H3/t19?,37-;/m0./s1. The summed E-state index contributed by atoms with van der Waals surface area (Å²) in [5.41, 5.74) is 2.70. The number of pyridine rings is 1. The van der Waals surface area contributed by atoms with Crippen LogP contribution in [0.2, 0.25) is 0 Å². The van der Waals surface area contributed by atoms with Gasteiger partial charge in [0, 0.05) is 36.9 Å². The van der Waals surface area contributed by atoms with Crippen molar-refractivity contribution in [3.63, 3.8) is 0 Å². The van der Waals surface area contributed by atoms with Crippen LogP contribution in [0.5, 0.6) is 11.5 Å². The zero-order valence-corrected chi connectivity index (χ0v) is 24.6. The number of aryl methyl sites for hydroxylation is 1. The second kappa shape index (κ2) is 13.8. The predicted molar refractivity (Wildman–Crippen MR) is 151 cm³/mol. The van der Waals surface area contributed by atoms with Gasteiger partial charge in [0.05, 0.1) is 65.1 Å². The Kier molecular flexibility index (Phi) is 10.7. The third kappa shape index (κ3) is 6.49. The number of hydrogen-bond donors (Lipinski definition) is 1. The van der Waals surface area contributed by atoms with Crippen molar-refractivity contribution >= 4 is 38.1 Å². The number of aromatic nitrogens is 3. The van der Waals surface area contributed by atoms with Gasteiger partial charge < -0.3 is 24.1 Å². The number of allylic oxidation sites excluding steroid dienone is 1. The molecule has 1 N–H and O–H groups in total. The van der Waals surface area contributed by atoms with E-state index < -0.39 is 20.8 Å². The molecule has 0 bridgehead atoms. The number of hydrogen-bond acceptors (Lipinski definition) is 10. The number of aldehydes is 1. The van der Waals surface area contributed by atoms with Crippen molar-refractivity contribution in [1.82, 2.24) is 13.9 Å². The highest BCUT2D eigenvalue weighted by Gasteiger charge is 2.30. The maximum atomic E-state index is 13.9. The summed E-state index contributed by atoms with van der Waals surface area (Å²) in [7, 11) is -1.99. The fourth-order valence-corrected chi connectivity index (χ4v) is 7.32. The molecule has 216 valence electrons. The smallest absolute Gasteiger partial charge is 0.270 e. The molecule has 0 amide bonds. The van der Waals surface area contributed by atoms with Gasteiger partial charge in [-0.15, -0.1) is 0 Å². The molecular formula is C27H33N3O8S2. The van der Waals surface area contributed by atoms with E-state index in [1.807, 2.05) is 13.8 Å². The third-order valence-corrected chi connectivity index (χ3v) is 9.23. The van der Waals surface area contributed by atoms with Gasteiger partial charge in [-0.1, -0.05) is 12.2 Å². The first-order valence-electron chi connectivity index (χ1n) is 12.3. The molecule has 4 rings (SSSR count). The van der Waals surface area contributed by atoms with Gasteiger partial charge in [-0.3, -0.25) is 9.19 Å². The van der Waals surface area contributed by atoms with Crippen molar-refractivity contribution in [2.75, 3.05) is 27.9 Å². The quantitative estimate of drug-likeness (QED) is 0.261. The summed E-state index contributed by atoms with van der Waals surface area (Å²) >= 11 is 0. The van der Waals surface area contributed by atoms with Crippen molar-refractivity contribution in [3.05, 3.63) is 64.3 Å². The number of methoxy groups -OCH3 is 2. The minimum atomic E-state index is -4.17. The Morgan fingerprint density at radius 1 is 1.20 bits per heavy atom. The molecule has 1 aromatic carbocycles. The van der Waals surface area contributed by atoms with Crippen LogP contribution >= 0.6 is 0 Å². The molecule has 0 saturated heterocycles. The van der Waals surface area contributed by atoms with Gasteiger partial charge in [0.1, 0.15) is 17.8 Å². The van der Waals surface area contributed by atoms with E-state index in [-0.39, 0.29) is 40.5 Å². The van der Waals surface area contributed by atoms with Crippen LogP contribution in [0, 0.1) is 13.8 Å². The lowest BCUT2D eigenvalue weighted by molar-refractivity contribution is -0.109. The van der Waals surface area contributed by atoms with Crippen LogP contribution in [-0.4, -0.2) is 72.0 Å². The maximum Gasteiger partial charge on any atom is 0.270 e. The minimum absolute atomic E-state index is 0.0346. The van der Waals surface area contributed by atoms with E-state index in [4.69, 9.17) is 19.3 Å². The van der Waals surface area contributed by atoms with Crippen LogP contribution < -0.4 is 9.47 Å². The summed E-state index contributed by atoms with van der Waals surface area (Å²) in [5.74, 6) is 1.07. The van der Waals surface area contributed by atoms with E-state index in [1.165, 1.54) is 13.2 Å². The van der Waals surface area contributed by atoms with Gasteiger partial charge in [0.15, 0.2) is 0 Å². The molecule has 11 nitrogen and oxygen atoms in total. The van der Waals surface area contributed by atoms with Crippen LogP contribution in [0.25, 0.3) is 11.0 Å². The number of imidazole rings is 1. The number of rotatable bonds is 11. The molecule has 0 radical (unpaired) electrons. The zero-order valence-electron chi connectivity index (χ0n) is 23.0. The maximum absolute atomic E-state index is 13.9. The van der Waals surface area contributed by atoms with Crippen molar-refractivity contribution < 1.29 is 36.7 Å². The number of fused-ring (bicyclic) bond motifs is 1. The van der Waals surface area contributed by atoms with E-state index in [0.29, 0.717) is 29.1 Å². The summed E-state index contributed by atoms with van der Waals surface area (Å²) in [6.07, 6.45) is 7.30. The Labute approximate surface area is 236 Å².